The van der Waals surface area contributed by atoms with Crippen LogP contribution in [0.4, 0.5) is 0 Å². The van der Waals surface area contributed by atoms with Gasteiger partial charge in [-0.15, -0.1) is 0 Å². The lowest BCUT2D eigenvalue weighted by Gasteiger charge is -2.40. The summed E-state index contributed by atoms with van der Waals surface area (Å²) in [5, 5.41) is 3.20. The van der Waals surface area contributed by atoms with Crippen LogP contribution in [0.15, 0.2) is 0 Å². The van der Waals surface area contributed by atoms with Crippen molar-refractivity contribution >= 4 is 5.91 Å². The van der Waals surface area contributed by atoms with E-state index in [4.69, 9.17) is 0 Å². The first kappa shape index (κ1) is 13.9. The van der Waals surface area contributed by atoms with Gasteiger partial charge in [0.1, 0.15) is 0 Å². The maximum atomic E-state index is 12.6. The summed E-state index contributed by atoms with van der Waals surface area (Å²) in [6.07, 6.45) is 8.58. The van der Waals surface area contributed by atoms with Crippen LogP contribution in [0, 0.1) is 5.92 Å². The zero-order valence-electron chi connectivity index (χ0n) is 12.2. The van der Waals surface area contributed by atoms with Crippen molar-refractivity contribution in [3.05, 3.63) is 0 Å². The van der Waals surface area contributed by atoms with Crippen molar-refractivity contribution in [1.82, 2.24) is 10.2 Å². The van der Waals surface area contributed by atoms with Gasteiger partial charge in [-0.1, -0.05) is 12.8 Å². The van der Waals surface area contributed by atoms with Gasteiger partial charge in [0.05, 0.1) is 6.04 Å². The smallest absolute Gasteiger partial charge is 0.240 e. The van der Waals surface area contributed by atoms with Crippen LogP contribution in [-0.4, -0.2) is 36.0 Å². The molecular weight excluding hydrogens is 224 g/mol. The zero-order chi connectivity index (χ0) is 13.2. The summed E-state index contributed by atoms with van der Waals surface area (Å²) in [6.45, 7) is 5.44. The summed E-state index contributed by atoms with van der Waals surface area (Å²) in [5.41, 5.74) is 0.0330. The highest BCUT2D eigenvalue weighted by atomic mass is 16.2. The quantitative estimate of drug-likeness (QED) is 0.837. The van der Waals surface area contributed by atoms with E-state index in [1.165, 1.54) is 25.7 Å². The predicted molar refractivity (Wildman–Crippen MR) is 74.4 cm³/mol. The maximum Gasteiger partial charge on any atom is 0.240 e. The Morgan fingerprint density at radius 2 is 1.89 bits per heavy atom. The van der Waals surface area contributed by atoms with E-state index < -0.39 is 0 Å². The Kier molecular flexibility index (Phi) is 4.31. The van der Waals surface area contributed by atoms with Crippen molar-refractivity contribution in [2.75, 3.05) is 13.6 Å². The third kappa shape index (κ3) is 2.87. The molecule has 18 heavy (non-hydrogen) atoms. The monoisotopic (exact) mass is 252 g/mol. The van der Waals surface area contributed by atoms with Crippen LogP contribution in [-0.2, 0) is 4.79 Å². The number of hydrogen-bond donors (Lipinski definition) is 1. The van der Waals surface area contributed by atoms with E-state index in [1.54, 1.807) is 0 Å². The number of likely N-dealkylation sites (tertiary alicyclic amines) is 1. The summed E-state index contributed by atoms with van der Waals surface area (Å²) in [5.74, 6) is 1.07. The molecule has 1 saturated heterocycles. The highest BCUT2D eigenvalue weighted by molar-refractivity contribution is 5.82. The molecule has 104 valence electrons. The highest BCUT2D eigenvalue weighted by Gasteiger charge is 2.38. The van der Waals surface area contributed by atoms with E-state index in [9.17, 15) is 4.79 Å². The number of amides is 1. The van der Waals surface area contributed by atoms with Crippen molar-refractivity contribution < 1.29 is 4.79 Å². The molecule has 0 radical (unpaired) electrons. The minimum Gasteiger partial charge on any atom is -0.336 e. The molecule has 1 saturated carbocycles. The van der Waals surface area contributed by atoms with Crippen molar-refractivity contribution in [1.29, 1.82) is 0 Å². The molecule has 2 aliphatic rings. The molecule has 1 amide bonds. The standard InChI is InChI=1S/C15H28N2O/c1-15(2)10-6-9-13(16-3)14(18)17(15)11-12-7-4-5-8-12/h12-13,16H,4-11H2,1-3H3. The number of nitrogens with one attached hydrogen (secondary N) is 1. The molecule has 2 rings (SSSR count). The van der Waals surface area contributed by atoms with Crippen molar-refractivity contribution in [3.63, 3.8) is 0 Å². The van der Waals surface area contributed by atoms with Gasteiger partial charge >= 0.3 is 0 Å². The van der Waals surface area contributed by atoms with E-state index in [2.05, 4.69) is 24.1 Å². The fourth-order valence-corrected chi connectivity index (χ4v) is 3.54. The molecule has 1 aliphatic carbocycles. The summed E-state index contributed by atoms with van der Waals surface area (Å²) >= 11 is 0. The minimum absolute atomic E-state index is 0.0330. The predicted octanol–water partition coefficient (Wildman–Crippen LogP) is 2.56. The Balaban J connectivity index is 2.11. The van der Waals surface area contributed by atoms with Gasteiger partial charge in [-0.05, 0) is 58.9 Å². The van der Waals surface area contributed by atoms with E-state index >= 15 is 0 Å². The second-order valence-electron chi connectivity index (χ2n) is 6.65. The minimum atomic E-state index is 0.0330. The van der Waals surface area contributed by atoms with E-state index in [1.807, 2.05) is 7.05 Å². The Morgan fingerprint density at radius 3 is 2.50 bits per heavy atom. The van der Waals surface area contributed by atoms with Crippen molar-refractivity contribution in [2.45, 2.75) is 70.4 Å². The second kappa shape index (κ2) is 5.60. The van der Waals surface area contributed by atoms with Gasteiger partial charge in [0.25, 0.3) is 0 Å². The van der Waals surface area contributed by atoms with Gasteiger partial charge in [-0.25, -0.2) is 0 Å². The summed E-state index contributed by atoms with van der Waals surface area (Å²) in [7, 11) is 1.91. The Hall–Kier alpha value is -0.570. The van der Waals surface area contributed by atoms with Gasteiger partial charge in [0.2, 0.25) is 5.91 Å². The van der Waals surface area contributed by atoms with Gasteiger partial charge in [-0.3, -0.25) is 4.79 Å². The summed E-state index contributed by atoms with van der Waals surface area (Å²) in [6, 6.07) is 0.0354. The van der Waals surface area contributed by atoms with Crippen LogP contribution in [0.25, 0.3) is 0 Å². The maximum absolute atomic E-state index is 12.6. The Bertz CT molecular complexity index is 295. The molecule has 1 aliphatic heterocycles. The molecule has 0 bridgehead atoms. The normalized spacial score (nSPS) is 29.6. The molecule has 0 aromatic carbocycles. The summed E-state index contributed by atoms with van der Waals surface area (Å²) in [4.78, 5) is 14.8. The lowest BCUT2D eigenvalue weighted by atomic mass is 9.95. The molecule has 1 heterocycles. The lowest BCUT2D eigenvalue weighted by Crippen LogP contribution is -2.53. The highest BCUT2D eigenvalue weighted by Crippen LogP contribution is 2.32. The molecule has 3 nitrogen and oxygen atoms in total. The van der Waals surface area contributed by atoms with Crippen LogP contribution in [0.3, 0.4) is 0 Å². The van der Waals surface area contributed by atoms with Crippen molar-refractivity contribution in [3.8, 4) is 0 Å². The molecular formula is C15H28N2O. The zero-order valence-corrected chi connectivity index (χ0v) is 12.2. The first-order valence-corrected chi connectivity index (χ1v) is 7.53. The molecule has 0 spiro atoms. The van der Waals surface area contributed by atoms with Gasteiger partial charge in [0.15, 0.2) is 0 Å². The van der Waals surface area contributed by atoms with Crippen LogP contribution < -0.4 is 5.32 Å². The number of nitrogens with zero attached hydrogens (tertiary/aromatic N) is 1. The van der Waals surface area contributed by atoms with Crippen LogP contribution in [0.1, 0.15) is 58.8 Å². The second-order valence-corrected chi connectivity index (χ2v) is 6.65. The van der Waals surface area contributed by atoms with E-state index in [0.717, 1.165) is 31.7 Å². The van der Waals surface area contributed by atoms with Gasteiger partial charge < -0.3 is 10.2 Å². The third-order valence-corrected chi connectivity index (χ3v) is 4.84. The van der Waals surface area contributed by atoms with Gasteiger partial charge in [-0.2, -0.15) is 0 Å². The molecule has 1 unspecified atom stereocenters. The molecule has 1 N–H and O–H groups in total. The Labute approximate surface area is 111 Å². The molecule has 3 heteroatoms. The van der Waals surface area contributed by atoms with Crippen molar-refractivity contribution in [2.24, 2.45) is 5.92 Å². The Morgan fingerprint density at radius 1 is 1.22 bits per heavy atom. The van der Waals surface area contributed by atoms with E-state index in [-0.39, 0.29) is 11.6 Å². The SMILES string of the molecule is CNC1CCCC(C)(C)N(CC2CCCC2)C1=O. The average Bonchev–Trinajstić information content (AvgIpc) is 2.80. The molecule has 0 aromatic heterocycles. The third-order valence-electron chi connectivity index (χ3n) is 4.84. The average molecular weight is 252 g/mol. The first-order valence-electron chi connectivity index (χ1n) is 7.53. The molecule has 1 atom stereocenters. The number of carbonyl (C=O) groups is 1. The topological polar surface area (TPSA) is 32.3 Å². The molecule has 2 fully saturated rings. The first-order chi connectivity index (χ1) is 8.54. The lowest BCUT2D eigenvalue weighted by molar-refractivity contribution is -0.138. The van der Waals surface area contributed by atoms with Crippen LogP contribution >= 0.6 is 0 Å². The number of carbonyl (C=O) groups excluding carboxylic acids is 1. The summed E-state index contributed by atoms with van der Waals surface area (Å²) < 4.78 is 0. The van der Waals surface area contributed by atoms with Gasteiger partial charge in [0, 0.05) is 12.1 Å². The van der Waals surface area contributed by atoms with Crippen LogP contribution in [0.5, 0.6) is 0 Å². The molecule has 0 aromatic rings. The van der Waals surface area contributed by atoms with Crippen LogP contribution in [0.2, 0.25) is 0 Å². The van der Waals surface area contributed by atoms with E-state index in [0.29, 0.717) is 5.91 Å². The fourth-order valence-electron chi connectivity index (χ4n) is 3.54. The number of likely N-dealkylation sites (N-methyl/N-ethyl adjacent to an activating group) is 1. The fraction of sp³-hybridized carbons (Fsp3) is 0.933. The number of hydrogen-bond acceptors (Lipinski definition) is 2. The number of rotatable bonds is 3. The largest absolute Gasteiger partial charge is 0.336 e.